The zero-order valence-corrected chi connectivity index (χ0v) is 9.44. The van der Waals surface area contributed by atoms with Crippen molar-refractivity contribution in [2.75, 3.05) is 12.3 Å². The highest BCUT2D eigenvalue weighted by Gasteiger charge is 1.89. The van der Waals surface area contributed by atoms with Crippen LogP contribution in [0.3, 0.4) is 0 Å². The summed E-state index contributed by atoms with van der Waals surface area (Å²) in [5, 5.41) is 0. The minimum atomic E-state index is 1.21. The topological polar surface area (TPSA) is 0 Å². The van der Waals surface area contributed by atoms with E-state index in [4.69, 9.17) is 0 Å². The maximum atomic E-state index is 3.72. The van der Waals surface area contributed by atoms with E-state index in [2.05, 4.69) is 13.5 Å². The molecule has 0 bridgehead atoms. The summed E-state index contributed by atoms with van der Waals surface area (Å²) in [6.45, 7) is 5.99. The van der Waals surface area contributed by atoms with Gasteiger partial charge in [0.05, 0.1) is 0 Å². The molecule has 0 aliphatic heterocycles. The third-order valence-electron chi connectivity index (χ3n) is 1.97. The summed E-state index contributed by atoms with van der Waals surface area (Å²) in [4.78, 5) is 0. The Morgan fingerprint density at radius 2 is 1.83 bits per heavy atom. The zero-order valence-electron chi connectivity index (χ0n) is 8.44. The Morgan fingerprint density at radius 3 is 2.50 bits per heavy atom. The third-order valence-corrected chi connectivity index (χ3v) is 3.38. The molecule has 1 unspecified atom stereocenters. The van der Waals surface area contributed by atoms with Crippen molar-refractivity contribution >= 4 is 8.58 Å². The highest BCUT2D eigenvalue weighted by Crippen LogP contribution is 2.15. The first kappa shape index (κ1) is 12.2. The van der Waals surface area contributed by atoms with E-state index in [0.717, 1.165) is 0 Å². The van der Waals surface area contributed by atoms with Gasteiger partial charge < -0.3 is 0 Å². The first-order chi connectivity index (χ1) is 5.91. The highest BCUT2D eigenvalue weighted by molar-refractivity contribution is 7.37. The van der Waals surface area contributed by atoms with Crippen molar-refractivity contribution in [2.45, 2.75) is 45.4 Å². The van der Waals surface area contributed by atoms with Gasteiger partial charge in [-0.1, -0.05) is 32.3 Å². The Balaban J connectivity index is 2.77. The molecule has 0 aromatic rings. The maximum absolute atomic E-state index is 3.72. The molecule has 0 fully saturated rings. The van der Waals surface area contributed by atoms with Crippen LogP contribution >= 0.6 is 8.58 Å². The minimum absolute atomic E-state index is 1.21. The molecule has 0 heterocycles. The fourth-order valence-electron chi connectivity index (χ4n) is 1.17. The third kappa shape index (κ3) is 10.2. The summed E-state index contributed by atoms with van der Waals surface area (Å²) >= 11 is 0. The van der Waals surface area contributed by atoms with E-state index in [1.54, 1.807) is 0 Å². The molecule has 0 saturated heterocycles. The minimum Gasteiger partial charge on any atom is -0.122 e. The van der Waals surface area contributed by atoms with E-state index in [1.807, 2.05) is 6.08 Å². The van der Waals surface area contributed by atoms with Gasteiger partial charge in [-0.25, -0.2) is 0 Å². The molecule has 72 valence electrons. The van der Waals surface area contributed by atoms with Crippen molar-refractivity contribution < 1.29 is 0 Å². The summed E-state index contributed by atoms with van der Waals surface area (Å²) < 4.78 is 0. The SMILES string of the molecule is C=CCCCPCCCCCC. The molecule has 0 aliphatic rings. The van der Waals surface area contributed by atoms with Crippen molar-refractivity contribution in [1.82, 2.24) is 0 Å². The molecule has 0 aliphatic carbocycles. The van der Waals surface area contributed by atoms with Crippen LogP contribution in [-0.4, -0.2) is 12.3 Å². The number of hydrogen-bond acceptors (Lipinski definition) is 0. The molecule has 1 heteroatoms. The van der Waals surface area contributed by atoms with Crippen molar-refractivity contribution in [2.24, 2.45) is 0 Å². The van der Waals surface area contributed by atoms with E-state index in [1.165, 1.54) is 59.4 Å². The van der Waals surface area contributed by atoms with Crippen LogP contribution in [0.5, 0.6) is 0 Å². The van der Waals surface area contributed by atoms with Gasteiger partial charge in [0.15, 0.2) is 0 Å². The second-order valence-corrected chi connectivity index (χ2v) is 4.74. The summed E-state index contributed by atoms with van der Waals surface area (Å²) in [6, 6.07) is 0. The molecule has 12 heavy (non-hydrogen) atoms. The second kappa shape index (κ2) is 11.2. The number of hydrogen-bond donors (Lipinski definition) is 0. The van der Waals surface area contributed by atoms with Crippen molar-refractivity contribution in [3.05, 3.63) is 12.7 Å². The monoisotopic (exact) mass is 186 g/mol. The van der Waals surface area contributed by atoms with Crippen LogP contribution in [0, 0.1) is 0 Å². The van der Waals surface area contributed by atoms with Gasteiger partial charge in [0.25, 0.3) is 0 Å². The van der Waals surface area contributed by atoms with Crippen LogP contribution in [0.4, 0.5) is 0 Å². The fourth-order valence-corrected chi connectivity index (χ4v) is 2.38. The molecule has 0 radical (unpaired) electrons. The standard InChI is InChI=1S/C11H23P/c1-3-5-7-9-11-12-10-8-6-4-2/h4,12H,2-3,5-11H2,1H3. The predicted molar refractivity (Wildman–Crippen MR) is 61.6 cm³/mol. The fraction of sp³-hybridized carbons (Fsp3) is 0.818. The largest absolute Gasteiger partial charge is 0.122 e. The average molecular weight is 186 g/mol. The van der Waals surface area contributed by atoms with Crippen molar-refractivity contribution in [1.29, 1.82) is 0 Å². The number of unbranched alkanes of at least 4 members (excludes halogenated alkanes) is 4. The zero-order chi connectivity index (χ0) is 9.07. The Kier molecular flexibility index (Phi) is 11.3. The maximum Gasteiger partial charge on any atom is -0.0350 e. The summed E-state index contributed by atoms with van der Waals surface area (Å²) in [6.07, 6.45) is 13.2. The van der Waals surface area contributed by atoms with E-state index in [9.17, 15) is 0 Å². The molecule has 0 nitrogen and oxygen atoms in total. The van der Waals surface area contributed by atoms with Crippen molar-refractivity contribution in [3.63, 3.8) is 0 Å². The van der Waals surface area contributed by atoms with Crippen LogP contribution in [0.25, 0.3) is 0 Å². The molecule has 0 aromatic heterocycles. The molecule has 0 aromatic carbocycles. The lowest BCUT2D eigenvalue weighted by molar-refractivity contribution is 0.705. The van der Waals surface area contributed by atoms with Crippen LogP contribution in [0.2, 0.25) is 0 Å². The van der Waals surface area contributed by atoms with Gasteiger partial charge in [0, 0.05) is 0 Å². The van der Waals surface area contributed by atoms with Gasteiger partial charge in [-0.2, -0.15) is 0 Å². The lowest BCUT2D eigenvalue weighted by atomic mass is 10.2. The smallest absolute Gasteiger partial charge is 0.0350 e. The molecule has 0 N–H and O–H groups in total. The van der Waals surface area contributed by atoms with Gasteiger partial charge in [-0.3, -0.25) is 0 Å². The second-order valence-electron chi connectivity index (χ2n) is 3.24. The van der Waals surface area contributed by atoms with Gasteiger partial charge in [-0.05, 0) is 31.6 Å². The average Bonchev–Trinajstić information content (AvgIpc) is 2.10. The summed E-state index contributed by atoms with van der Waals surface area (Å²) in [5.41, 5.74) is 0. The van der Waals surface area contributed by atoms with E-state index >= 15 is 0 Å². The Bertz CT molecular complexity index is 89.0. The van der Waals surface area contributed by atoms with Crippen LogP contribution in [0.15, 0.2) is 12.7 Å². The van der Waals surface area contributed by atoms with Gasteiger partial charge in [0.1, 0.15) is 0 Å². The summed E-state index contributed by atoms with van der Waals surface area (Å²) in [5.74, 6) is 0. The van der Waals surface area contributed by atoms with E-state index in [0.29, 0.717) is 0 Å². The molecule has 0 amide bonds. The van der Waals surface area contributed by atoms with Crippen molar-refractivity contribution in [3.8, 4) is 0 Å². The molecular formula is C11H23P. The molecule has 0 saturated carbocycles. The van der Waals surface area contributed by atoms with Crippen LogP contribution in [0.1, 0.15) is 45.4 Å². The lowest BCUT2D eigenvalue weighted by Gasteiger charge is -1.99. The molecule has 0 spiro atoms. The predicted octanol–water partition coefficient (Wildman–Crippen LogP) is 4.21. The number of allylic oxidation sites excluding steroid dienone is 1. The highest BCUT2D eigenvalue weighted by atomic mass is 31.1. The van der Waals surface area contributed by atoms with Gasteiger partial charge in [-0.15, -0.1) is 15.2 Å². The number of rotatable bonds is 9. The lowest BCUT2D eigenvalue weighted by Crippen LogP contribution is -1.81. The first-order valence-corrected chi connectivity index (χ1v) is 6.64. The van der Waals surface area contributed by atoms with Gasteiger partial charge >= 0.3 is 0 Å². The van der Waals surface area contributed by atoms with E-state index < -0.39 is 0 Å². The Hall–Kier alpha value is 0.170. The Labute approximate surface area is 79.6 Å². The van der Waals surface area contributed by atoms with Crippen LogP contribution < -0.4 is 0 Å². The molecule has 1 atom stereocenters. The van der Waals surface area contributed by atoms with Gasteiger partial charge in [0.2, 0.25) is 0 Å². The van der Waals surface area contributed by atoms with Crippen LogP contribution in [-0.2, 0) is 0 Å². The normalized spacial score (nSPS) is 11.1. The summed E-state index contributed by atoms with van der Waals surface area (Å²) in [7, 11) is 1.21. The van der Waals surface area contributed by atoms with E-state index in [-0.39, 0.29) is 0 Å². The molecule has 0 rings (SSSR count). The quantitative estimate of drug-likeness (QED) is 0.287. The molecular weight excluding hydrogens is 163 g/mol. The first-order valence-electron chi connectivity index (χ1n) is 5.23. The Morgan fingerprint density at radius 1 is 1.08 bits per heavy atom.